The second-order valence-electron chi connectivity index (χ2n) is 5.09. The highest BCUT2D eigenvalue weighted by Crippen LogP contribution is 2.18. The maximum absolute atomic E-state index is 12.0. The lowest BCUT2D eigenvalue weighted by molar-refractivity contribution is -0.116. The number of nitrogens with one attached hydrogen (secondary N) is 1. The quantitative estimate of drug-likeness (QED) is 0.778. The molecule has 2 aromatic carbocycles. The number of nitrogens with zero attached hydrogens (tertiary/aromatic N) is 1. The fraction of sp³-hybridized carbons (Fsp3) is 0.176. The van der Waals surface area contributed by atoms with Gasteiger partial charge in [-0.3, -0.25) is 4.79 Å². The maximum Gasteiger partial charge on any atom is 0.224 e. The van der Waals surface area contributed by atoms with Gasteiger partial charge >= 0.3 is 0 Å². The van der Waals surface area contributed by atoms with E-state index >= 15 is 0 Å². The second-order valence-corrected chi connectivity index (χ2v) is 5.53. The van der Waals surface area contributed by atoms with Crippen molar-refractivity contribution < 1.29 is 9.21 Å². The summed E-state index contributed by atoms with van der Waals surface area (Å²) in [6, 6.07) is 12.9. The summed E-state index contributed by atoms with van der Waals surface area (Å²) in [7, 11) is 0. The molecule has 3 rings (SSSR count). The number of halogens is 1. The monoisotopic (exact) mass is 314 g/mol. The van der Waals surface area contributed by atoms with E-state index in [1.54, 1.807) is 24.3 Å². The summed E-state index contributed by atoms with van der Waals surface area (Å²) in [5.41, 5.74) is 3.41. The van der Waals surface area contributed by atoms with Crippen LogP contribution >= 0.6 is 11.6 Å². The summed E-state index contributed by atoms with van der Waals surface area (Å²) in [5, 5.41) is 3.50. The Morgan fingerprint density at radius 2 is 2.00 bits per heavy atom. The second kappa shape index (κ2) is 6.20. The van der Waals surface area contributed by atoms with Gasteiger partial charge in [-0.2, -0.15) is 0 Å². The van der Waals surface area contributed by atoms with Crippen molar-refractivity contribution in [1.29, 1.82) is 0 Å². The molecule has 0 aliphatic heterocycles. The van der Waals surface area contributed by atoms with Crippen molar-refractivity contribution in [2.75, 3.05) is 5.32 Å². The third-order valence-electron chi connectivity index (χ3n) is 3.33. The zero-order valence-corrected chi connectivity index (χ0v) is 12.9. The molecule has 1 aromatic heterocycles. The third-order valence-corrected chi connectivity index (χ3v) is 3.58. The first-order valence-electron chi connectivity index (χ1n) is 7.02. The third kappa shape index (κ3) is 3.46. The zero-order chi connectivity index (χ0) is 15.5. The van der Waals surface area contributed by atoms with Crippen LogP contribution in [0.4, 0.5) is 5.69 Å². The van der Waals surface area contributed by atoms with Gasteiger partial charge in [-0.25, -0.2) is 4.98 Å². The van der Waals surface area contributed by atoms with Crippen LogP contribution in [0.5, 0.6) is 0 Å². The van der Waals surface area contributed by atoms with E-state index in [0.29, 0.717) is 23.8 Å². The summed E-state index contributed by atoms with van der Waals surface area (Å²) < 4.78 is 5.44. The number of fused-ring (bicyclic) bond motifs is 1. The molecule has 0 atom stereocenters. The Morgan fingerprint density at radius 1 is 1.23 bits per heavy atom. The number of amides is 1. The summed E-state index contributed by atoms with van der Waals surface area (Å²) in [6.45, 7) is 1.82. The SMILES string of the molecule is Cc1nc2cc(CCC(=O)Nc3ccc(Cl)cc3)ccc2o1. The number of anilines is 1. The van der Waals surface area contributed by atoms with Gasteiger partial charge in [-0.05, 0) is 48.4 Å². The van der Waals surface area contributed by atoms with E-state index in [1.165, 1.54) is 0 Å². The van der Waals surface area contributed by atoms with Gasteiger partial charge < -0.3 is 9.73 Å². The Bertz CT molecular complexity index is 809. The molecule has 0 bridgehead atoms. The highest BCUT2D eigenvalue weighted by Gasteiger charge is 2.06. The minimum Gasteiger partial charge on any atom is -0.441 e. The van der Waals surface area contributed by atoms with Crippen molar-refractivity contribution in [2.24, 2.45) is 0 Å². The van der Waals surface area contributed by atoms with Crippen LogP contribution in [0.1, 0.15) is 17.9 Å². The average molecular weight is 315 g/mol. The Hall–Kier alpha value is -2.33. The molecule has 22 heavy (non-hydrogen) atoms. The maximum atomic E-state index is 12.0. The lowest BCUT2D eigenvalue weighted by Gasteiger charge is -2.05. The predicted molar refractivity (Wildman–Crippen MR) is 87.1 cm³/mol. The highest BCUT2D eigenvalue weighted by atomic mass is 35.5. The van der Waals surface area contributed by atoms with Crippen molar-refractivity contribution >= 4 is 34.3 Å². The van der Waals surface area contributed by atoms with Crippen molar-refractivity contribution in [3.8, 4) is 0 Å². The van der Waals surface area contributed by atoms with Gasteiger partial charge in [-0.1, -0.05) is 17.7 Å². The molecule has 0 radical (unpaired) electrons. The minimum atomic E-state index is -0.0289. The van der Waals surface area contributed by atoms with Crippen LogP contribution in [0, 0.1) is 6.92 Å². The molecular formula is C17H15ClN2O2. The van der Waals surface area contributed by atoms with E-state index in [9.17, 15) is 4.79 Å². The molecule has 0 saturated heterocycles. The molecule has 0 unspecified atom stereocenters. The van der Waals surface area contributed by atoms with Crippen LogP contribution in [0.2, 0.25) is 5.02 Å². The number of aryl methyl sites for hydroxylation is 2. The van der Waals surface area contributed by atoms with Crippen molar-refractivity contribution in [3.05, 3.63) is 58.9 Å². The number of carbonyl (C=O) groups is 1. The molecule has 1 heterocycles. The summed E-state index contributed by atoms with van der Waals surface area (Å²) in [6.07, 6.45) is 1.06. The van der Waals surface area contributed by atoms with E-state index in [1.807, 2.05) is 25.1 Å². The standard InChI is InChI=1S/C17H15ClN2O2/c1-11-19-15-10-12(2-8-16(15)22-11)3-9-17(21)20-14-6-4-13(18)5-7-14/h2,4-8,10H,3,9H2,1H3,(H,20,21). The molecule has 1 amide bonds. The molecule has 4 nitrogen and oxygen atoms in total. The van der Waals surface area contributed by atoms with Crippen LogP contribution in [0.25, 0.3) is 11.1 Å². The molecule has 0 spiro atoms. The van der Waals surface area contributed by atoms with Crippen molar-refractivity contribution in [3.63, 3.8) is 0 Å². The number of rotatable bonds is 4. The molecule has 1 N–H and O–H groups in total. The Balaban J connectivity index is 1.60. The molecule has 5 heteroatoms. The Morgan fingerprint density at radius 3 is 2.77 bits per heavy atom. The Labute approximate surface area is 133 Å². The molecule has 0 saturated carbocycles. The highest BCUT2D eigenvalue weighted by molar-refractivity contribution is 6.30. The zero-order valence-electron chi connectivity index (χ0n) is 12.1. The largest absolute Gasteiger partial charge is 0.441 e. The van der Waals surface area contributed by atoms with Gasteiger partial charge in [0.1, 0.15) is 5.52 Å². The Kier molecular flexibility index (Phi) is 4.11. The molecule has 0 fully saturated rings. The first-order chi connectivity index (χ1) is 10.6. The van der Waals surface area contributed by atoms with E-state index in [0.717, 1.165) is 22.4 Å². The molecular weight excluding hydrogens is 300 g/mol. The molecule has 3 aromatic rings. The number of aromatic nitrogens is 1. The molecule has 0 aliphatic carbocycles. The fourth-order valence-corrected chi connectivity index (χ4v) is 2.38. The number of carbonyl (C=O) groups excluding carboxylic acids is 1. The van der Waals surface area contributed by atoms with E-state index < -0.39 is 0 Å². The fourth-order valence-electron chi connectivity index (χ4n) is 2.26. The smallest absolute Gasteiger partial charge is 0.224 e. The van der Waals surface area contributed by atoms with Gasteiger partial charge in [-0.15, -0.1) is 0 Å². The van der Waals surface area contributed by atoms with Crippen molar-refractivity contribution in [1.82, 2.24) is 4.98 Å². The molecule has 112 valence electrons. The van der Waals surface area contributed by atoms with Crippen LogP contribution in [-0.4, -0.2) is 10.9 Å². The van der Waals surface area contributed by atoms with Crippen LogP contribution in [-0.2, 0) is 11.2 Å². The first-order valence-corrected chi connectivity index (χ1v) is 7.39. The van der Waals surface area contributed by atoms with E-state index in [-0.39, 0.29) is 5.91 Å². The lowest BCUT2D eigenvalue weighted by Crippen LogP contribution is -2.12. The van der Waals surface area contributed by atoms with E-state index in [4.69, 9.17) is 16.0 Å². The summed E-state index contributed by atoms with van der Waals surface area (Å²) in [5.74, 6) is 0.617. The number of oxazole rings is 1. The number of benzene rings is 2. The topological polar surface area (TPSA) is 55.1 Å². The first kappa shape index (κ1) is 14.6. The van der Waals surface area contributed by atoms with Crippen LogP contribution in [0.3, 0.4) is 0 Å². The van der Waals surface area contributed by atoms with Gasteiger partial charge in [0.05, 0.1) is 0 Å². The number of hydrogen-bond donors (Lipinski definition) is 1. The molecule has 0 aliphatic rings. The van der Waals surface area contributed by atoms with E-state index in [2.05, 4.69) is 10.3 Å². The van der Waals surface area contributed by atoms with Gasteiger partial charge in [0.15, 0.2) is 11.5 Å². The summed E-state index contributed by atoms with van der Waals surface area (Å²) >= 11 is 5.81. The number of hydrogen-bond acceptors (Lipinski definition) is 3. The van der Waals surface area contributed by atoms with Gasteiger partial charge in [0.2, 0.25) is 5.91 Å². The average Bonchev–Trinajstić information content (AvgIpc) is 2.87. The predicted octanol–water partition coefficient (Wildman–Crippen LogP) is 4.36. The van der Waals surface area contributed by atoms with Gasteiger partial charge in [0.25, 0.3) is 0 Å². The normalized spacial score (nSPS) is 10.8. The minimum absolute atomic E-state index is 0.0289. The van der Waals surface area contributed by atoms with Crippen LogP contribution in [0.15, 0.2) is 46.9 Å². The van der Waals surface area contributed by atoms with Crippen LogP contribution < -0.4 is 5.32 Å². The summed E-state index contributed by atoms with van der Waals surface area (Å²) in [4.78, 5) is 16.3. The van der Waals surface area contributed by atoms with Gasteiger partial charge in [0, 0.05) is 24.1 Å². The lowest BCUT2D eigenvalue weighted by atomic mass is 10.1. The van der Waals surface area contributed by atoms with Crippen molar-refractivity contribution in [2.45, 2.75) is 19.8 Å².